The maximum Gasteiger partial charge on any atom is 0.244 e. The Hall–Kier alpha value is -2.14. The molecule has 1 N–H and O–H groups in total. The van der Waals surface area contributed by atoms with Crippen molar-refractivity contribution >= 4 is 23.3 Å². The summed E-state index contributed by atoms with van der Waals surface area (Å²) < 4.78 is 5.37. The van der Waals surface area contributed by atoms with Gasteiger partial charge in [-0.2, -0.15) is 0 Å². The Morgan fingerprint density at radius 1 is 1.38 bits per heavy atom. The van der Waals surface area contributed by atoms with Gasteiger partial charge in [0.25, 0.3) is 0 Å². The van der Waals surface area contributed by atoms with Gasteiger partial charge in [-0.1, -0.05) is 12.1 Å². The summed E-state index contributed by atoms with van der Waals surface area (Å²) in [6, 6.07) is 7.62. The molecule has 0 unspecified atom stereocenters. The molecule has 110 valence electrons. The van der Waals surface area contributed by atoms with Crippen LogP contribution in [0.5, 0.6) is 5.75 Å². The number of ether oxygens (including phenoxy) is 1. The maximum absolute atomic E-state index is 11.7. The number of rotatable bonds is 6. The van der Waals surface area contributed by atoms with Crippen molar-refractivity contribution < 1.29 is 9.53 Å². The lowest BCUT2D eigenvalue weighted by molar-refractivity contribution is -0.116. The monoisotopic (exact) mass is 302 g/mol. The Labute approximate surface area is 128 Å². The first-order valence-corrected chi connectivity index (χ1v) is 7.59. The third-order valence-electron chi connectivity index (χ3n) is 2.72. The number of nitrogens with one attached hydrogen (secondary N) is 1. The van der Waals surface area contributed by atoms with Crippen LogP contribution in [0.3, 0.4) is 0 Å². The average Bonchev–Trinajstić information content (AvgIpc) is 2.90. The van der Waals surface area contributed by atoms with Crippen LogP contribution in [0.1, 0.15) is 22.4 Å². The standard InChI is InChI=1S/C16H18N2O2S/c1-3-20-14-7-4-13(5-8-14)6-9-16(19)18-11-15-10-17-12(2)21-15/h4-10H,3,11H2,1-2H3,(H,18,19). The molecule has 1 aromatic heterocycles. The molecule has 0 saturated heterocycles. The zero-order valence-corrected chi connectivity index (χ0v) is 12.9. The number of thiazole rings is 1. The Morgan fingerprint density at radius 2 is 2.14 bits per heavy atom. The number of aromatic nitrogens is 1. The van der Waals surface area contributed by atoms with E-state index in [4.69, 9.17) is 4.74 Å². The van der Waals surface area contributed by atoms with E-state index in [2.05, 4.69) is 10.3 Å². The van der Waals surface area contributed by atoms with Crippen LogP contribution in [0.25, 0.3) is 6.08 Å². The summed E-state index contributed by atoms with van der Waals surface area (Å²) in [5, 5.41) is 3.84. The van der Waals surface area contributed by atoms with E-state index in [1.165, 1.54) is 6.08 Å². The van der Waals surface area contributed by atoms with Crippen molar-refractivity contribution in [1.29, 1.82) is 0 Å². The van der Waals surface area contributed by atoms with E-state index >= 15 is 0 Å². The van der Waals surface area contributed by atoms with Crippen molar-refractivity contribution in [2.24, 2.45) is 0 Å². The lowest BCUT2D eigenvalue weighted by Gasteiger charge is -2.02. The fourth-order valence-corrected chi connectivity index (χ4v) is 2.47. The summed E-state index contributed by atoms with van der Waals surface area (Å²) in [5.41, 5.74) is 0.960. The van der Waals surface area contributed by atoms with Gasteiger partial charge in [-0.25, -0.2) is 4.98 Å². The Bertz CT molecular complexity index is 617. The minimum absolute atomic E-state index is 0.116. The first-order valence-electron chi connectivity index (χ1n) is 6.77. The molecule has 0 atom stereocenters. The molecule has 0 spiro atoms. The van der Waals surface area contributed by atoms with Gasteiger partial charge in [0.15, 0.2) is 0 Å². The second-order valence-corrected chi connectivity index (χ2v) is 5.72. The minimum atomic E-state index is -0.116. The summed E-state index contributed by atoms with van der Waals surface area (Å²) in [6.07, 6.45) is 5.10. The molecule has 0 aliphatic heterocycles. The van der Waals surface area contributed by atoms with E-state index in [1.807, 2.05) is 38.1 Å². The fourth-order valence-electron chi connectivity index (χ4n) is 1.73. The molecule has 0 aliphatic rings. The molecule has 0 radical (unpaired) electrons. The smallest absolute Gasteiger partial charge is 0.244 e. The molecule has 0 saturated carbocycles. The van der Waals surface area contributed by atoms with E-state index in [9.17, 15) is 4.79 Å². The quantitative estimate of drug-likeness (QED) is 0.834. The van der Waals surface area contributed by atoms with E-state index in [1.54, 1.807) is 23.6 Å². The molecule has 0 fully saturated rings. The van der Waals surface area contributed by atoms with Gasteiger partial charge in [-0.05, 0) is 37.6 Å². The second kappa shape index (κ2) is 7.59. The lowest BCUT2D eigenvalue weighted by atomic mass is 10.2. The molecule has 1 amide bonds. The van der Waals surface area contributed by atoms with Crippen molar-refractivity contribution in [1.82, 2.24) is 10.3 Å². The number of amides is 1. The van der Waals surface area contributed by atoms with E-state index < -0.39 is 0 Å². The summed E-state index contributed by atoms with van der Waals surface area (Å²) in [7, 11) is 0. The van der Waals surface area contributed by atoms with Crippen LogP contribution in [0.4, 0.5) is 0 Å². The topological polar surface area (TPSA) is 51.2 Å². The first kappa shape index (κ1) is 15.3. The van der Waals surface area contributed by atoms with Crippen LogP contribution < -0.4 is 10.1 Å². The van der Waals surface area contributed by atoms with Gasteiger partial charge in [-0.3, -0.25) is 4.79 Å². The number of hydrogen-bond donors (Lipinski definition) is 1. The average molecular weight is 302 g/mol. The Balaban J connectivity index is 1.83. The van der Waals surface area contributed by atoms with Gasteiger partial charge >= 0.3 is 0 Å². The highest BCUT2D eigenvalue weighted by atomic mass is 32.1. The number of carbonyl (C=O) groups excluding carboxylic acids is 1. The van der Waals surface area contributed by atoms with E-state index in [0.29, 0.717) is 13.2 Å². The molecule has 1 aromatic carbocycles. The van der Waals surface area contributed by atoms with Gasteiger partial charge in [-0.15, -0.1) is 11.3 Å². The molecule has 1 heterocycles. The molecule has 2 rings (SSSR count). The van der Waals surface area contributed by atoms with Gasteiger partial charge < -0.3 is 10.1 Å². The van der Waals surface area contributed by atoms with Crippen LogP contribution in [0.15, 0.2) is 36.5 Å². The third-order valence-corrected chi connectivity index (χ3v) is 3.64. The van der Waals surface area contributed by atoms with Gasteiger partial charge in [0.1, 0.15) is 5.75 Å². The summed E-state index contributed by atoms with van der Waals surface area (Å²) >= 11 is 1.59. The normalized spacial score (nSPS) is 10.8. The van der Waals surface area contributed by atoms with Crippen molar-refractivity contribution in [3.05, 3.63) is 52.0 Å². The van der Waals surface area contributed by atoms with Crippen LogP contribution >= 0.6 is 11.3 Å². The van der Waals surface area contributed by atoms with E-state index in [0.717, 1.165) is 21.2 Å². The van der Waals surface area contributed by atoms with Crippen molar-refractivity contribution in [3.63, 3.8) is 0 Å². The molecule has 2 aromatic rings. The zero-order chi connectivity index (χ0) is 15.1. The Kier molecular flexibility index (Phi) is 5.51. The SMILES string of the molecule is CCOc1ccc(C=CC(=O)NCc2cnc(C)s2)cc1. The molecule has 5 heteroatoms. The summed E-state index contributed by atoms with van der Waals surface area (Å²) in [4.78, 5) is 16.9. The Morgan fingerprint density at radius 3 is 2.76 bits per heavy atom. The van der Waals surface area contributed by atoms with Crippen molar-refractivity contribution in [2.75, 3.05) is 6.61 Å². The highest BCUT2D eigenvalue weighted by molar-refractivity contribution is 7.11. The highest BCUT2D eigenvalue weighted by Crippen LogP contribution is 2.13. The number of nitrogens with zero attached hydrogens (tertiary/aromatic N) is 1. The highest BCUT2D eigenvalue weighted by Gasteiger charge is 2.00. The molecular weight excluding hydrogens is 284 g/mol. The second-order valence-electron chi connectivity index (χ2n) is 4.40. The molecule has 0 aliphatic carbocycles. The zero-order valence-electron chi connectivity index (χ0n) is 12.1. The van der Waals surface area contributed by atoms with Crippen LogP contribution in [0.2, 0.25) is 0 Å². The maximum atomic E-state index is 11.7. The number of hydrogen-bond acceptors (Lipinski definition) is 4. The van der Waals surface area contributed by atoms with Crippen LogP contribution in [0, 0.1) is 6.92 Å². The predicted octanol–water partition coefficient (Wildman–Crippen LogP) is 3.18. The van der Waals surface area contributed by atoms with Crippen LogP contribution in [-0.2, 0) is 11.3 Å². The number of aryl methyl sites for hydroxylation is 1. The van der Waals surface area contributed by atoms with Crippen molar-refractivity contribution in [2.45, 2.75) is 20.4 Å². The van der Waals surface area contributed by atoms with Crippen molar-refractivity contribution in [3.8, 4) is 5.75 Å². The molecule has 4 nitrogen and oxygen atoms in total. The third kappa shape index (κ3) is 5.04. The predicted molar refractivity (Wildman–Crippen MR) is 85.3 cm³/mol. The molecule has 0 bridgehead atoms. The number of benzene rings is 1. The molecular formula is C16H18N2O2S. The fraction of sp³-hybridized carbons (Fsp3) is 0.250. The first-order chi connectivity index (χ1) is 10.2. The van der Waals surface area contributed by atoms with E-state index in [-0.39, 0.29) is 5.91 Å². The van der Waals surface area contributed by atoms with Gasteiger partial charge in [0.2, 0.25) is 5.91 Å². The molecule has 21 heavy (non-hydrogen) atoms. The lowest BCUT2D eigenvalue weighted by Crippen LogP contribution is -2.19. The minimum Gasteiger partial charge on any atom is -0.494 e. The van der Waals surface area contributed by atoms with Crippen LogP contribution in [-0.4, -0.2) is 17.5 Å². The number of carbonyl (C=O) groups is 1. The van der Waals surface area contributed by atoms with Gasteiger partial charge in [0.05, 0.1) is 18.2 Å². The largest absolute Gasteiger partial charge is 0.494 e. The summed E-state index contributed by atoms with van der Waals surface area (Å²) in [6.45, 7) is 5.05. The summed E-state index contributed by atoms with van der Waals surface area (Å²) in [5.74, 6) is 0.717. The van der Waals surface area contributed by atoms with Gasteiger partial charge in [0, 0.05) is 17.2 Å².